The molecule has 0 amide bonds. The van der Waals surface area contributed by atoms with Crippen LogP contribution in [0.25, 0.3) is 28.4 Å². The first-order chi connectivity index (χ1) is 19.9. The summed E-state index contributed by atoms with van der Waals surface area (Å²) < 4.78 is 1.93. The van der Waals surface area contributed by atoms with Crippen molar-refractivity contribution < 1.29 is 4.79 Å². The first-order valence-electron chi connectivity index (χ1n) is 13.5. The molecule has 0 radical (unpaired) electrons. The largest absolute Gasteiger partial charge is 0.383 e. The van der Waals surface area contributed by atoms with Gasteiger partial charge < -0.3 is 10.6 Å². The molecule has 1 aromatic carbocycles. The Morgan fingerprint density at radius 2 is 1.80 bits per heavy atom. The van der Waals surface area contributed by atoms with Gasteiger partial charge in [-0.05, 0) is 62.6 Å². The van der Waals surface area contributed by atoms with Gasteiger partial charge in [0.25, 0.3) is 0 Å². The smallest absolute Gasteiger partial charge is 0.164 e. The van der Waals surface area contributed by atoms with Gasteiger partial charge in [0, 0.05) is 42.9 Å². The summed E-state index contributed by atoms with van der Waals surface area (Å²) in [7, 11) is 2.17. The fourth-order valence-corrected chi connectivity index (χ4v) is 4.85. The van der Waals surface area contributed by atoms with Crippen LogP contribution in [0.4, 0.5) is 5.82 Å². The molecule has 10 nitrogen and oxygen atoms in total. The van der Waals surface area contributed by atoms with Gasteiger partial charge in [-0.2, -0.15) is 5.10 Å². The molecule has 5 heterocycles. The number of benzene rings is 1. The highest BCUT2D eigenvalue weighted by atomic mass is 16.1. The number of anilines is 1. The van der Waals surface area contributed by atoms with Crippen molar-refractivity contribution in [1.29, 1.82) is 0 Å². The highest BCUT2D eigenvalue weighted by Crippen LogP contribution is 2.31. The van der Waals surface area contributed by atoms with Crippen molar-refractivity contribution in [3.8, 4) is 11.3 Å². The zero-order chi connectivity index (χ0) is 28.9. The van der Waals surface area contributed by atoms with Gasteiger partial charge in [-0.15, -0.1) is 0 Å². The van der Waals surface area contributed by atoms with E-state index in [0.29, 0.717) is 23.8 Å². The lowest BCUT2D eigenvalue weighted by molar-refractivity contribution is 0.112. The predicted octanol–water partition coefficient (Wildman–Crippen LogP) is 4.45. The third-order valence-corrected chi connectivity index (χ3v) is 7.05. The minimum absolute atomic E-state index is 0.429. The Balaban J connectivity index is 0.000000321. The van der Waals surface area contributed by atoms with Crippen molar-refractivity contribution in [2.75, 3.05) is 19.3 Å². The number of nitrogens with two attached hydrogens (primary N) is 1. The van der Waals surface area contributed by atoms with Gasteiger partial charge in [0.05, 0.1) is 17.5 Å². The van der Waals surface area contributed by atoms with Gasteiger partial charge in [-0.1, -0.05) is 30.4 Å². The van der Waals surface area contributed by atoms with Crippen LogP contribution in [0, 0.1) is 13.8 Å². The number of aldehydes is 1. The number of nitrogens with zero attached hydrogens (tertiary/aromatic N) is 8. The van der Waals surface area contributed by atoms with Crippen molar-refractivity contribution in [1.82, 2.24) is 39.6 Å². The maximum absolute atomic E-state index is 10.0. The minimum atomic E-state index is 0.429. The van der Waals surface area contributed by atoms with Crippen LogP contribution in [-0.4, -0.2) is 59.5 Å². The third-order valence-electron chi connectivity index (χ3n) is 7.05. The number of fused-ring (bicyclic) bond motifs is 2. The molecule has 0 saturated carbocycles. The molecular weight excluding hydrogens is 514 g/mol. The van der Waals surface area contributed by atoms with Crippen LogP contribution in [0.1, 0.15) is 51.1 Å². The Kier molecular flexibility index (Phi) is 8.21. The lowest BCUT2D eigenvalue weighted by Crippen LogP contribution is -2.26. The summed E-state index contributed by atoms with van der Waals surface area (Å²) in [6, 6.07) is 8.82. The summed E-state index contributed by atoms with van der Waals surface area (Å²) in [5.41, 5.74) is 15.3. The standard InChI is InChI=1S/C25H27N7.C6H6N2O/c1-4-5-18-11-21(12-27-16(18)2)23-22-24(26)28-15-29-25(22)32(30-23)13-17-6-7-20-14-31(3)9-8-19(20)10-17;1-5-7-2-6(4-9)3-8-5/h4-7,10-12,15H,8-9,13-14H2,1-3H3,(H2,26,28,29);2-4H,1H3/b5-4-;. The molecule has 0 bridgehead atoms. The Morgan fingerprint density at radius 3 is 2.56 bits per heavy atom. The van der Waals surface area contributed by atoms with Crippen LogP contribution >= 0.6 is 0 Å². The zero-order valence-electron chi connectivity index (χ0n) is 23.7. The van der Waals surface area contributed by atoms with E-state index in [9.17, 15) is 4.79 Å². The van der Waals surface area contributed by atoms with Gasteiger partial charge in [-0.3, -0.25) is 9.78 Å². The highest BCUT2D eigenvalue weighted by molar-refractivity contribution is 5.98. The summed E-state index contributed by atoms with van der Waals surface area (Å²) in [6.07, 6.45) is 12.2. The van der Waals surface area contributed by atoms with Crippen LogP contribution in [0.5, 0.6) is 0 Å². The van der Waals surface area contributed by atoms with Crippen molar-refractivity contribution in [3.63, 3.8) is 0 Å². The number of allylic oxidation sites excluding steroid dienone is 1. The first-order valence-corrected chi connectivity index (χ1v) is 13.5. The zero-order valence-corrected chi connectivity index (χ0v) is 23.7. The van der Waals surface area contributed by atoms with Crippen molar-refractivity contribution in [2.45, 2.75) is 40.3 Å². The van der Waals surface area contributed by atoms with Gasteiger partial charge in [0.2, 0.25) is 0 Å². The van der Waals surface area contributed by atoms with Crippen molar-refractivity contribution in [2.24, 2.45) is 0 Å². The molecule has 0 saturated heterocycles. The summed E-state index contributed by atoms with van der Waals surface area (Å²) in [4.78, 5) is 33.3. The van der Waals surface area contributed by atoms with Crippen molar-refractivity contribution in [3.05, 3.63) is 94.6 Å². The van der Waals surface area contributed by atoms with E-state index in [0.717, 1.165) is 59.3 Å². The van der Waals surface area contributed by atoms with Crippen LogP contribution in [0.3, 0.4) is 0 Å². The molecule has 0 fully saturated rings. The molecule has 2 N–H and O–H groups in total. The molecule has 208 valence electrons. The van der Waals surface area contributed by atoms with Gasteiger partial charge in [0.1, 0.15) is 23.7 Å². The number of carbonyl (C=O) groups excluding carboxylic acids is 1. The average Bonchev–Trinajstić information content (AvgIpc) is 3.34. The Labute approximate surface area is 239 Å². The Bertz CT molecular complexity index is 1720. The van der Waals surface area contributed by atoms with E-state index in [-0.39, 0.29) is 0 Å². The van der Waals surface area contributed by atoms with Gasteiger partial charge in [-0.25, -0.2) is 24.6 Å². The predicted molar refractivity (Wildman–Crippen MR) is 160 cm³/mol. The number of hydrogen-bond acceptors (Lipinski definition) is 9. The maximum atomic E-state index is 10.0. The van der Waals surface area contributed by atoms with Gasteiger partial charge >= 0.3 is 0 Å². The average molecular weight is 548 g/mol. The van der Waals surface area contributed by atoms with E-state index in [2.05, 4.69) is 67.2 Å². The highest BCUT2D eigenvalue weighted by Gasteiger charge is 2.19. The number of hydrogen-bond donors (Lipinski definition) is 1. The van der Waals surface area contributed by atoms with E-state index in [1.54, 1.807) is 6.92 Å². The molecular formula is C31H33N9O. The van der Waals surface area contributed by atoms with Crippen LogP contribution in [0.2, 0.25) is 0 Å². The molecule has 41 heavy (non-hydrogen) atoms. The summed E-state index contributed by atoms with van der Waals surface area (Å²) >= 11 is 0. The van der Waals surface area contributed by atoms with E-state index in [4.69, 9.17) is 10.8 Å². The van der Waals surface area contributed by atoms with E-state index < -0.39 is 0 Å². The number of aryl methyl sites for hydroxylation is 2. The number of likely N-dealkylation sites (N-methyl/N-ethyl adjacent to an activating group) is 1. The Morgan fingerprint density at radius 1 is 1.00 bits per heavy atom. The quantitative estimate of drug-likeness (QED) is 0.317. The van der Waals surface area contributed by atoms with Crippen molar-refractivity contribution >= 4 is 29.2 Å². The first kappa shape index (κ1) is 27.7. The second-order valence-electron chi connectivity index (χ2n) is 10.1. The fraction of sp³-hybridized carbons (Fsp3) is 0.258. The summed E-state index contributed by atoms with van der Waals surface area (Å²) in [6.45, 7) is 8.48. The number of carbonyl (C=O) groups is 1. The van der Waals surface area contributed by atoms with E-state index in [1.165, 1.54) is 35.4 Å². The number of nitrogen functional groups attached to an aromatic ring is 1. The number of aromatic nitrogens is 7. The van der Waals surface area contributed by atoms with Crippen LogP contribution < -0.4 is 5.73 Å². The summed E-state index contributed by atoms with van der Waals surface area (Å²) in [5.74, 6) is 1.11. The fourth-order valence-electron chi connectivity index (χ4n) is 4.85. The molecule has 6 rings (SSSR count). The lowest BCUT2D eigenvalue weighted by atomic mass is 9.97. The molecule has 10 heteroatoms. The molecule has 0 aliphatic carbocycles. The molecule has 1 aliphatic heterocycles. The lowest BCUT2D eigenvalue weighted by Gasteiger charge is -2.25. The van der Waals surface area contributed by atoms with Crippen LogP contribution in [0.15, 0.2) is 55.3 Å². The molecule has 0 atom stereocenters. The van der Waals surface area contributed by atoms with Gasteiger partial charge in [0.15, 0.2) is 11.9 Å². The topological polar surface area (TPSA) is 129 Å². The summed E-state index contributed by atoms with van der Waals surface area (Å²) in [5, 5.41) is 5.70. The van der Waals surface area contributed by atoms with Crippen LogP contribution in [-0.2, 0) is 19.5 Å². The number of pyridine rings is 1. The minimum Gasteiger partial charge on any atom is -0.383 e. The third kappa shape index (κ3) is 6.17. The van der Waals surface area contributed by atoms with E-state index >= 15 is 0 Å². The molecule has 0 unspecified atom stereocenters. The normalized spacial score (nSPS) is 13.2. The molecule has 4 aromatic heterocycles. The molecule has 5 aromatic rings. The Hall–Kier alpha value is -4.83. The molecule has 1 aliphatic rings. The number of rotatable bonds is 5. The SMILES string of the molecule is C/C=C\c1cc(-c2nn(Cc3ccc4c(c3)CCN(C)C4)c3ncnc(N)c23)cnc1C.Cc1ncc(C=O)cn1. The second kappa shape index (κ2) is 12.1. The monoisotopic (exact) mass is 547 g/mol. The second-order valence-corrected chi connectivity index (χ2v) is 10.1. The molecule has 0 spiro atoms. The maximum Gasteiger partial charge on any atom is 0.164 e. The van der Waals surface area contributed by atoms with E-state index in [1.807, 2.05) is 30.8 Å².